The van der Waals surface area contributed by atoms with Crippen molar-refractivity contribution < 1.29 is 14.3 Å². The third-order valence-electron chi connectivity index (χ3n) is 6.37. The van der Waals surface area contributed by atoms with Crippen molar-refractivity contribution in [3.8, 4) is 0 Å². The quantitative estimate of drug-likeness (QED) is 0.720. The van der Waals surface area contributed by atoms with Crippen LogP contribution < -0.4 is 5.69 Å². The van der Waals surface area contributed by atoms with Crippen molar-refractivity contribution in [3.05, 3.63) is 51.7 Å². The number of rotatable bonds is 4. The minimum atomic E-state index is -0.418. The van der Waals surface area contributed by atoms with E-state index < -0.39 is 5.97 Å². The molecule has 8 nitrogen and oxygen atoms in total. The van der Waals surface area contributed by atoms with Crippen LogP contribution in [0.5, 0.6) is 0 Å². The maximum Gasteiger partial charge on any atom is 0.345 e. The fraction of sp³-hybridized carbons (Fsp3) is 0.545. The summed E-state index contributed by atoms with van der Waals surface area (Å²) >= 11 is 0. The molecule has 2 heterocycles. The number of methoxy groups -OCH3 is 1. The average Bonchev–Trinajstić information content (AvgIpc) is 3.41. The van der Waals surface area contributed by atoms with Crippen LogP contribution in [-0.4, -0.2) is 51.3 Å². The van der Waals surface area contributed by atoms with Crippen molar-refractivity contribution in [1.29, 1.82) is 0 Å². The Morgan fingerprint density at radius 3 is 2.20 bits per heavy atom. The molecule has 1 amide bonds. The number of carbonyl (C=O) groups is 2. The highest BCUT2D eigenvalue weighted by Crippen LogP contribution is 2.33. The number of aromatic nitrogens is 3. The zero-order valence-electron chi connectivity index (χ0n) is 17.5. The van der Waals surface area contributed by atoms with E-state index in [0.29, 0.717) is 24.2 Å². The van der Waals surface area contributed by atoms with E-state index in [4.69, 9.17) is 4.74 Å². The largest absolute Gasteiger partial charge is 0.465 e. The van der Waals surface area contributed by atoms with Crippen LogP contribution in [0.4, 0.5) is 0 Å². The molecular formula is C22H28N4O4. The Hall–Kier alpha value is -2.90. The van der Waals surface area contributed by atoms with Crippen molar-refractivity contribution in [3.63, 3.8) is 0 Å². The lowest BCUT2D eigenvalue weighted by molar-refractivity contribution is 0.0599. The summed E-state index contributed by atoms with van der Waals surface area (Å²) in [7, 11) is 3.05. The number of likely N-dealkylation sites (tertiary alicyclic amines) is 1. The molecule has 2 fully saturated rings. The van der Waals surface area contributed by atoms with E-state index in [-0.39, 0.29) is 23.6 Å². The van der Waals surface area contributed by atoms with E-state index in [0.717, 1.165) is 44.3 Å². The molecule has 0 spiro atoms. The Morgan fingerprint density at radius 1 is 1.00 bits per heavy atom. The lowest BCUT2D eigenvalue weighted by Crippen LogP contribution is -2.38. The molecule has 1 saturated heterocycles. The molecule has 2 aliphatic rings. The van der Waals surface area contributed by atoms with Gasteiger partial charge in [0.05, 0.1) is 12.7 Å². The Labute approximate surface area is 175 Å². The highest BCUT2D eigenvalue weighted by Gasteiger charge is 2.31. The van der Waals surface area contributed by atoms with Gasteiger partial charge in [-0.1, -0.05) is 12.8 Å². The Kier molecular flexibility index (Phi) is 5.74. The zero-order chi connectivity index (χ0) is 21.3. The van der Waals surface area contributed by atoms with Crippen LogP contribution in [0.15, 0.2) is 29.1 Å². The minimum Gasteiger partial charge on any atom is -0.465 e. The van der Waals surface area contributed by atoms with Crippen LogP contribution in [0.3, 0.4) is 0 Å². The maximum absolute atomic E-state index is 12.9. The van der Waals surface area contributed by atoms with E-state index in [1.807, 2.05) is 9.47 Å². The minimum absolute atomic E-state index is 0.0268. The first-order valence-electron chi connectivity index (χ1n) is 10.6. The molecule has 1 saturated carbocycles. The Balaban J connectivity index is 1.44. The lowest BCUT2D eigenvalue weighted by Gasteiger charge is -2.32. The average molecular weight is 412 g/mol. The Bertz CT molecular complexity index is 978. The van der Waals surface area contributed by atoms with Crippen LogP contribution in [0.2, 0.25) is 0 Å². The molecule has 1 aromatic heterocycles. The summed E-state index contributed by atoms with van der Waals surface area (Å²) in [6, 6.07) is 6.81. The predicted molar refractivity (Wildman–Crippen MR) is 111 cm³/mol. The van der Waals surface area contributed by atoms with Gasteiger partial charge in [0.1, 0.15) is 5.82 Å². The fourth-order valence-electron chi connectivity index (χ4n) is 4.67. The second-order valence-corrected chi connectivity index (χ2v) is 8.21. The first-order chi connectivity index (χ1) is 14.5. The number of piperidine rings is 1. The summed E-state index contributed by atoms with van der Waals surface area (Å²) in [5.74, 6) is 0.603. The molecular weight excluding hydrogens is 384 g/mol. The molecule has 0 bridgehead atoms. The number of benzene rings is 1. The highest BCUT2D eigenvalue weighted by molar-refractivity contribution is 5.96. The van der Waals surface area contributed by atoms with Gasteiger partial charge in [0.2, 0.25) is 0 Å². The van der Waals surface area contributed by atoms with E-state index in [1.54, 1.807) is 31.3 Å². The summed E-state index contributed by atoms with van der Waals surface area (Å²) in [5.41, 5.74) is 0.954. The molecule has 0 N–H and O–H groups in total. The van der Waals surface area contributed by atoms with Gasteiger partial charge in [-0.15, -0.1) is 0 Å². The van der Waals surface area contributed by atoms with Gasteiger partial charge in [-0.05, 0) is 49.9 Å². The summed E-state index contributed by atoms with van der Waals surface area (Å²) in [6.45, 7) is 1.25. The second-order valence-electron chi connectivity index (χ2n) is 8.21. The smallest absolute Gasteiger partial charge is 0.345 e. The van der Waals surface area contributed by atoms with Crippen LogP contribution >= 0.6 is 0 Å². The number of hydrogen-bond donors (Lipinski definition) is 0. The van der Waals surface area contributed by atoms with Gasteiger partial charge in [-0.25, -0.2) is 14.3 Å². The van der Waals surface area contributed by atoms with Gasteiger partial charge in [0.15, 0.2) is 0 Å². The third-order valence-corrected chi connectivity index (χ3v) is 6.37. The summed E-state index contributed by atoms with van der Waals surface area (Å²) < 4.78 is 8.07. The molecule has 8 heteroatoms. The lowest BCUT2D eigenvalue weighted by atomic mass is 9.95. The molecule has 1 aromatic carbocycles. The first-order valence-corrected chi connectivity index (χ1v) is 10.6. The highest BCUT2D eigenvalue weighted by atomic mass is 16.5. The molecule has 1 aliphatic carbocycles. The van der Waals surface area contributed by atoms with E-state index >= 15 is 0 Å². The number of hydrogen-bond acceptors (Lipinski definition) is 5. The fourth-order valence-corrected chi connectivity index (χ4v) is 4.67. The molecule has 0 atom stereocenters. The normalized spacial score (nSPS) is 18.0. The molecule has 160 valence electrons. The van der Waals surface area contributed by atoms with Gasteiger partial charge in [-0.2, -0.15) is 5.10 Å². The van der Waals surface area contributed by atoms with Crippen molar-refractivity contribution in [2.45, 2.75) is 50.5 Å². The van der Waals surface area contributed by atoms with Crippen molar-refractivity contribution in [1.82, 2.24) is 19.2 Å². The van der Waals surface area contributed by atoms with Gasteiger partial charge < -0.3 is 9.64 Å². The van der Waals surface area contributed by atoms with Crippen LogP contribution in [0, 0.1) is 0 Å². The van der Waals surface area contributed by atoms with E-state index in [9.17, 15) is 14.4 Å². The maximum atomic E-state index is 12.9. The number of carbonyl (C=O) groups excluding carboxylic acids is 2. The van der Waals surface area contributed by atoms with Gasteiger partial charge in [0, 0.05) is 37.7 Å². The van der Waals surface area contributed by atoms with Crippen LogP contribution in [0.25, 0.3) is 0 Å². The third kappa shape index (κ3) is 3.78. The molecule has 2 aromatic rings. The predicted octanol–water partition coefficient (Wildman–Crippen LogP) is 2.50. The summed E-state index contributed by atoms with van der Waals surface area (Å²) in [6.07, 6.45) is 5.97. The SMILES string of the molecule is COC(=O)c1ccc(C(=O)N2CCC(c3nn(C)c(=O)n3C3CCCC3)CC2)cc1. The monoisotopic (exact) mass is 412 g/mol. The van der Waals surface area contributed by atoms with Crippen LogP contribution in [0.1, 0.15) is 77.0 Å². The van der Waals surface area contributed by atoms with Gasteiger partial charge in [0.25, 0.3) is 5.91 Å². The zero-order valence-corrected chi connectivity index (χ0v) is 17.5. The van der Waals surface area contributed by atoms with Crippen LogP contribution in [-0.2, 0) is 11.8 Å². The molecule has 4 rings (SSSR count). The number of aryl methyl sites for hydroxylation is 1. The van der Waals surface area contributed by atoms with Gasteiger partial charge >= 0.3 is 11.7 Å². The van der Waals surface area contributed by atoms with Gasteiger partial charge in [-0.3, -0.25) is 9.36 Å². The number of ether oxygens (including phenoxy) is 1. The van der Waals surface area contributed by atoms with Crippen molar-refractivity contribution >= 4 is 11.9 Å². The number of amides is 1. The number of esters is 1. The standard InChI is InChI=1S/C22H28N4O4/c1-24-22(29)26(18-5-3-4-6-18)19(23-24)15-11-13-25(14-12-15)20(27)16-7-9-17(10-8-16)21(28)30-2/h7-10,15,18H,3-6,11-14H2,1-2H3. The van der Waals surface area contributed by atoms with E-state index in [1.165, 1.54) is 11.8 Å². The molecule has 1 aliphatic heterocycles. The topological polar surface area (TPSA) is 86.4 Å². The molecule has 30 heavy (non-hydrogen) atoms. The summed E-state index contributed by atoms with van der Waals surface area (Å²) in [4.78, 5) is 38.9. The van der Waals surface area contributed by atoms with Crippen molar-refractivity contribution in [2.75, 3.05) is 20.2 Å². The number of nitrogens with zero attached hydrogens (tertiary/aromatic N) is 4. The molecule has 0 radical (unpaired) electrons. The first kappa shape index (κ1) is 20.4. The Morgan fingerprint density at radius 2 is 1.60 bits per heavy atom. The van der Waals surface area contributed by atoms with Crippen molar-refractivity contribution in [2.24, 2.45) is 7.05 Å². The second kappa shape index (κ2) is 8.45. The summed E-state index contributed by atoms with van der Waals surface area (Å²) in [5, 5.41) is 4.56. The van der Waals surface area contributed by atoms with E-state index in [2.05, 4.69) is 5.10 Å². The molecule has 0 unspecified atom stereocenters.